The van der Waals surface area contributed by atoms with Gasteiger partial charge in [-0.15, -0.1) is 23.5 Å². The number of hydrogen-bond donors (Lipinski definition) is 0. The highest BCUT2D eigenvalue weighted by Crippen LogP contribution is 2.40. The second-order valence-electron chi connectivity index (χ2n) is 4.89. The lowest BCUT2D eigenvalue weighted by atomic mass is 10.1. The Morgan fingerprint density at radius 1 is 1.26 bits per heavy atom. The van der Waals surface area contributed by atoms with Crippen molar-refractivity contribution in [1.82, 2.24) is 0 Å². The highest BCUT2D eigenvalue weighted by atomic mass is 35.5. The van der Waals surface area contributed by atoms with Crippen LogP contribution in [0.15, 0.2) is 44.6 Å². The van der Waals surface area contributed by atoms with Crippen LogP contribution in [0, 0.1) is 18.3 Å². The number of nitriles is 1. The Kier molecular flexibility index (Phi) is 4.86. The minimum absolute atomic E-state index is 0.212. The second kappa shape index (κ2) is 6.88. The summed E-state index contributed by atoms with van der Waals surface area (Å²) in [6, 6.07) is 11.0. The van der Waals surface area contributed by atoms with Crippen LogP contribution in [0.1, 0.15) is 16.1 Å². The van der Waals surface area contributed by atoms with Gasteiger partial charge in [0.15, 0.2) is 0 Å². The quantitative estimate of drug-likeness (QED) is 0.421. The Labute approximate surface area is 147 Å². The summed E-state index contributed by atoms with van der Waals surface area (Å²) in [6.07, 6.45) is 0. The van der Waals surface area contributed by atoms with E-state index in [4.69, 9.17) is 16.0 Å². The number of Topliss-reactive ketones (excluding diaryl/α,β-unsaturated/α-hetero) is 1. The maximum atomic E-state index is 12.7. The minimum Gasteiger partial charge on any atom is -0.461 e. The smallest absolute Gasteiger partial charge is 0.208 e. The molecular formula is C17H12ClNO2S2. The molecule has 116 valence electrons. The maximum Gasteiger partial charge on any atom is 0.208 e. The summed E-state index contributed by atoms with van der Waals surface area (Å²) >= 11 is 9.01. The van der Waals surface area contributed by atoms with E-state index in [1.54, 1.807) is 48.6 Å². The molecule has 0 N–H and O–H groups in total. The Bertz CT molecular complexity index is 823. The third-order valence-corrected chi connectivity index (χ3v) is 6.35. The molecule has 0 saturated carbocycles. The monoisotopic (exact) mass is 361 g/mol. The summed E-state index contributed by atoms with van der Waals surface area (Å²) in [7, 11) is 0. The summed E-state index contributed by atoms with van der Waals surface area (Å²) in [6.45, 7) is 1.74. The predicted octanol–water partition coefficient (Wildman–Crippen LogP) is 5.31. The van der Waals surface area contributed by atoms with Crippen LogP contribution in [0.4, 0.5) is 0 Å². The van der Waals surface area contributed by atoms with E-state index in [9.17, 15) is 10.1 Å². The van der Waals surface area contributed by atoms with Gasteiger partial charge in [0, 0.05) is 22.1 Å². The number of nitrogens with zero attached hydrogens (tertiary/aromatic N) is 1. The molecule has 0 atom stereocenters. The van der Waals surface area contributed by atoms with E-state index in [2.05, 4.69) is 6.07 Å². The molecule has 0 bridgehead atoms. The molecule has 23 heavy (non-hydrogen) atoms. The molecule has 1 aromatic carbocycles. The van der Waals surface area contributed by atoms with Crippen molar-refractivity contribution in [2.45, 2.75) is 6.92 Å². The van der Waals surface area contributed by atoms with E-state index in [1.165, 1.54) is 0 Å². The summed E-state index contributed by atoms with van der Waals surface area (Å²) in [5, 5.41) is 10.0. The Morgan fingerprint density at radius 3 is 2.52 bits per heavy atom. The molecule has 1 aliphatic rings. The van der Waals surface area contributed by atoms with Crippen molar-refractivity contribution < 1.29 is 9.21 Å². The Hall–Kier alpha value is -1.61. The molecule has 1 aliphatic heterocycles. The van der Waals surface area contributed by atoms with E-state index < -0.39 is 0 Å². The first-order chi connectivity index (χ1) is 11.1. The number of halogens is 1. The fraction of sp³-hybridized carbons (Fsp3) is 0.176. The average Bonchev–Trinajstić information content (AvgIpc) is 3.18. The lowest BCUT2D eigenvalue weighted by molar-refractivity contribution is 0.103. The minimum atomic E-state index is -0.272. The SMILES string of the molecule is Cc1oc(-c2ccc(Cl)cc2)cc1C(=O)C(C#N)=C1SCCS1. The van der Waals surface area contributed by atoms with Crippen molar-refractivity contribution in [2.24, 2.45) is 0 Å². The number of thioether (sulfide) groups is 2. The number of carbonyl (C=O) groups excluding carboxylic acids is 1. The topological polar surface area (TPSA) is 54.0 Å². The van der Waals surface area contributed by atoms with Gasteiger partial charge in [-0.25, -0.2) is 0 Å². The van der Waals surface area contributed by atoms with Crippen LogP contribution >= 0.6 is 35.1 Å². The van der Waals surface area contributed by atoms with E-state index in [1.807, 2.05) is 12.1 Å². The lowest BCUT2D eigenvalue weighted by Gasteiger charge is -2.00. The highest BCUT2D eigenvalue weighted by molar-refractivity contribution is 8.25. The fourth-order valence-corrected chi connectivity index (χ4v) is 4.80. The summed E-state index contributed by atoms with van der Waals surface area (Å²) in [5.74, 6) is 2.70. The van der Waals surface area contributed by atoms with Gasteiger partial charge in [-0.1, -0.05) is 11.6 Å². The molecule has 3 rings (SSSR count). The van der Waals surface area contributed by atoms with Gasteiger partial charge in [0.25, 0.3) is 0 Å². The number of rotatable bonds is 3. The van der Waals surface area contributed by atoms with Gasteiger partial charge in [-0.3, -0.25) is 4.79 Å². The zero-order valence-electron chi connectivity index (χ0n) is 12.3. The van der Waals surface area contributed by atoms with Crippen molar-refractivity contribution in [3.63, 3.8) is 0 Å². The van der Waals surface area contributed by atoms with Gasteiger partial charge >= 0.3 is 0 Å². The zero-order chi connectivity index (χ0) is 16.4. The Balaban J connectivity index is 1.98. The number of allylic oxidation sites excluding steroid dienone is 1. The van der Waals surface area contributed by atoms with Crippen LogP contribution in [0.2, 0.25) is 5.02 Å². The number of benzene rings is 1. The first kappa shape index (κ1) is 16.3. The molecular weight excluding hydrogens is 350 g/mol. The molecule has 1 saturated heterocycles. The van der Waals surface area contributed by atoms with Crippen molar-refractivity contribution in [2.75, 3.05) is 11.5 Å². The van der Waals surface area contributed by atoms with Gasteiger partial charge in [-0.2, -0.15) is 5.26 Å². The van der Waals surface area contributed by atoms with Gasteiger partial charge in [0.05, 0.1) is 9.80 Å². The molecule has 2 aromatic rings. The first-order valence-electron chi connectivity index (χ1n) is 6.91. The molecule has 6 heteroatoms. The highest BCUT2D eigenvalue weighted by Gasteiger charge is 2.24. The zero-order valence-corrected chi connectivity index (χ0v) is 14.6. The third-order valence-electron chi connectivity index (χ3n) is 3.38. The van der Waals surface area contributed by atoms with Gasteiger partial charge in [0.1, 0.15) is 23.2 Å². The van der Waals surface area contributed by atoms with Crippen molar-refractivity contribution >= 4 is 40.9 Å². The summed E-state index contributed by atoms with van der Waals surface area (Å²) in [4.78, 5) is 12.7. The number of carbonyl (C=O) groups is 1. The molecule has 3 nitrogen and oxygen atoms in total. The molecule has 0 spiro atoms. The fourth-order valence-electron chi connectivity index (χ4n) is 2.24. The maximum absolute atomic E-state index is 12.7. The van der Waals surface area contributed by atoms with E-state index in [0.717, 1.165) is 21.3 Å². The number of ketones is 1. The molecule has 2 heterocycles. The van der Waals surface area contributed by atoms with Crippen LogP contribution in [-0.4, -0.2) is 17.3 Å². The van der Waals surface area contributed by atoms with Crippen molar-refractivity contribution in [3.8, 4) is 17.4 Å². The molecule has 0 amide bonds. The molecule has 1 aromatic heterocycles. The summed E-state index contributed by atoms with van der Waals surface area (Å²) < 4.78 is 6.52. The van der Waals surface area contributed by atoms with Gasteiger partial charge in [-0.05, 0) is 37.3 Å². The van der Waals surface area contributed by atoms with Crippen molar-refractivity contribution in [1.29, 1.82) is 5.26 Å². The summed E-state index contributed by atoms with van der Waals surface area (Å²) in [5.41, 5.74) is 1.49. The van der Waals surface area contributed by atoms with Gasteiger partial charge in [0.2, 0.25) is 5.78 Å². The lowest BCUT2D eigenvalue weighted by Crippen LogP contribution is -2.03. The van der Waals surface area contributed by atoms with Crippen LogP contribution in [0.5, 0.6) is 0 Å². The van der Waals surface area contributed by atoms with Gasteiger partial charge < -0.3 is 4.42 Å². The number of aryl methyl sites for hydroxylation is 1. The molecule has 0 aliphatic carbocycles. The second-order valence-corrected chi connectivity index (χ2v) is 7.79. The Morgan fingerprint density at radius 2 is 1.91 bits per heavy atom. The standard InChI is InChI=1S/C17H12ClNO2S2/c1-10-13(16(20)14(9-19)17-22-6-7-23-17)8-15(21-10)11-2-4-12(18)5-3-11/h2-5,8H,6-7H2,1H3. The third kappa shape index (κ3) is 3.35. The predicted molar refractivity (Wildman–Crippen MR) is 95.8 cm³/mol. The molecule has 1 fully saturated rings. The number of furan rings is 1. The first-order valence-corrected chi connectivity index (χ1v) is 9.26. The molecule has 0 unspecified atom stereocenters. The van der Waals surface area contributed by atoms with Crippen LogP contribution in [-0.2, 0) is 0 Å². The van der Waals surface area contributed by atoms with Crippen LogP contribution in [0.25, 0.3) is 11.3 Å². The van der Waals surface area contributed by atoms with Crippen LogP contribution in [0.3, 0.4) is 0 Å². The van der Waals surface area contributed by atoms with E-state index in [-0.39, 0.29) is 11.4 Å². The van der Waals surface area contributed by atoms with Crippen molar-refractivity contribution in [3.05, 3.63) is 56.5 Å². The normalized spacial score (nSPS) is 13.9. The van der Waals surface area contributed by atoms with E-state index in [0.29, 0.717) is 22.1 Å². The van der Waals surface area contributed by atoms with E-state index >= 15 is 0 Å². The molecule has 0 radical (unpaired) electrons. The largest absolute Gasteiger partial charge is 0.461 e. The number of hydrogen-bond acceptors (Lipinski definition) is 5. The van der Waals surface area contributed by atoms with Crippen LogP contribution < -0.4 is 0 Å². The average molecular weight is 362 g/mol.